The third kappa shape index (κ3) is 2.14. The van der Waals surface area contributed by atoms with Gasteiger partial charge in [0.25, 0.3) is 5.56 Å². The van der Waals surface area contributed by atoms with Crippen molar-refractivity contribution in [3.05, 3.63) is 52.4 Å². The Morgan fingerprint density at radius 2 is 2.12 bits per heavy atom. The zero-order valence-corrected chi connectivity index (χ0v) is 13.7. The number of aryl methyl sites for hydroxylation is 1. The molecule has 1 aliphatic heterocycles. The van der Waals surface area contributed by atoms with Crippen molar-refractivity contribution in [2.45, 2.75) is 25.9 Å². The van der Waals surface area contributed by atoms with Crippen molar-refractivity contribution in [2.24, 2.45) is 5.10 Å². The predicted molar refractivity (Wildman–Crippen MR) is 95.1 cm³/mol. The second-order valence-corrected chi connectivity index (χ2v) is 5.99. The SMILES string of the molecule is CCn1c(=O)c(-c2ccccc2[C@H]2CC=NN2C)cc2cn[nH]c21. The van der Waals surface area contributed by atoms with E-state index >= 15 is 0 Å². The minimum Gasteiger partial charge on any atom is -0.293 e. The number of aromatic amines is 1. The molecule has 24 heavy (non-hydrogen) atoms. The maximum absolute atomic E-state index is 13.0. The number of nitrogens with one attached hydrogen (secondary N) is 1. The molecular formula is C18H19N5O. The lowest BCUT2D eigenvalue weighted by atomic mass is 9.94. The van der Waals surface area contributed by atoms with Gasteiger partial charge in [0.1, 0.15) is 5.65 Å². The van der Waals surface area contributed by atoms with Crippen LogP contribution in [0.1, 0.15) is 24.9 Å². The molecule has 0 spiro atoms. The first-order valence-electron chi connectivity index (χ1n) is 8.12. The van der Waals surface area contributed by atoms with Crippen molar-refractivity contribution in [1.29, 1.82) is 0 Å². The highest BCUT2D eigenvalue weighted by Crippen LogP contribution is 2.34. The Bertz CT molecular complexity index is 984. The van der Waals surface area contributed by atoms with Crippen LogP contribution in [-0.4, -0.2) is 33.0 Å². The number of H-pyrrole nitrogens is 1. The van der Waals surface area contributed by atoms with E-state index in [1.807, 2.05) is 49.5 Å². The molecule has 6 heteroatoms. The van der Waals surface area contributed by atoms with E-state index in [1.54, 1.807) is 10.8 Å². The van der Waals surface area contributed by atoms with Gasteiger partial charge in [0.2, 0.25) is 0 Å². The summed E-state index contributed by atoms with van der Waals surface area (Å²) in [4.78, 5) is 13.0. The average Bonchev–Trinajstić information content (AvgIpc) is 3.23. The Labute approximate surface area is 139 Å². The summed E-state index contributed by atoms with van der Waals surface area (Å²) < 4.78 is 1.74. The quantitative estimate of drug-likeness (QED) is 0.806. The fourth-order valence-corrected chi connectivity index (χ4v) is 3.44. The molecule has 0 radical (unpaired) electrons. The van der Waals surface area contributed by atoms with Crippen LogP contribution in [0.3, 0.4) is 0 Å². The van der Waals surface area contributed by atoms with E-state index in [-0.39, 0.29) is 11.6 Å². The second kappa shape index (κ2) is 5.63. The molecule has 0 fully saturated rings. The van der Waals surface area contributed by atoms with E-state index in [1.165, 1.54) is 0 Å². The van der Waals surface area contributed by atoms with E-state index in [9.17, 15) is 4.79 Å². The Morgan fingerprint density at radius 1 is 1.29 bits per heavy atom. The highest BCUT2D eigenvalue weighted by Gasteiger charge is 2.23. The van der Waals surface area contributed by atoms with Crippen LogP contribution in [0.15, 0.2) is 46.4 Å². The molecule has 122 valence electrons. The number of fused-ring (bicyclic) bond motifs is 1. The summed E-state index contributed by atoms with van der Waals surface area (Å²) in [5.41, 5.74) is 3.57. The Kier molecular flexibility index (Phi) is 3.45. The first-order chi connectivity index (χ1) is 11.7. The first kappa shape index (κ1) is 14.7. The third-order valence-corrected chi connectivity index (χ3v) is 4.66. The fourth-order valence-electron chi connectivity index (χ4n) is 3.44. The molecule has 3 aromatic rings. The van der Waals surface area contributed by atoms with Crippen LogP contribution in [0, 0.1) is 0 Å². The lowest BCUT2D eigenvalue weighted by Gasteiger charge is -2.22. The van der Waals surface area contributed by atoms with Gasteiger partial charge in [-0.15, -0.1) is 0 Å². The summed E-state index contributed by atoms with van der Waals surface area (Å²) in [6.07, 6.45) is 4.53. The van der Waals surface area contributed by atoms with Gasteiger partial charge in [-0.25, -0.2) is 0 Å². The molecule has 0 amide bonds. The average molecular weight is 321 g/mol. The molecule has 1 N–H and O–H groups in total. The van der Waals surface area contributed by atoms with Gasteiger partial charge in [-0.05, 0) is 24.1 Å². The minimum absolute atomic E-state index is 0.00303. The van der Waals surface area contributed by atoms with Gasteiger partial charge in [-0.2, -0.15) is 10.2 Å². The molecule has 3 heterocycles. The van der Waals surface area contributed by atoms with Crippen LogP contribution in [0.25, 0.3) is 22.2 Å². The van der Waals surface area contributed by atoms with Crippen molar-refractivity contribution < 1.29 is 0 Å². The molecule has 1 aromatic carbocycles. The minimum atomic E-state index is 0.00303. The molecule has 0 saturated heterocycles. The number of hydrazone groups is 1. The normalized spacial score (nSPS) is 17.1. The molecule has 4 rings (SSSR count). The maximum atomic E-state index is 13.0. The van der Waals surface area contributed by atoms with E-state index in [4.69, 9.17) is 0 Å². The number of aromatic nitrogens is 3. The maximum Gasteiger partial charge on any atom is 0.260 e. The van der Waals surface area contributed by atoms with Crippen LogP contribution in [0.5, 0.6) is 0 Å². The zero-order chi connectivity index (χ0) is 16.7. The van der Waals surface area contributed by atoms with E-state index in [2.05, 4.69) is 21.4 Å². The third-order valence-electron chi connectivity index (χ3n) is 4.66. The largest absolute Gasteiger partial charge is 0.293 e. The highest BCUT2D eigenvalue weighted by atomic mass is 16.1. The lowest BCUT2D eigenvalue weighted by Crippen LogP contribution is -2.22. The van der Waals surface area contributed by atoms with Crippen LogP contribution in [0.2, 0.25) is 0 Å². The Morgan fingerprint density at radius 3 is 2.88 bits per heavy atom. The molecule has 0 unspecified atom stereocenters. The predicted octanol–water partition coefficient (Wildman–Crippen LogP) is 2.77. The van der Waals surface area contributed by atoms with Crippen LogP contribution in [-0.2, 0) is 6.54 Å². The van der Waals surface area contributed by atoms with Crippen molar-refractivity contribution in [2.75, 3.05) is 7.05 Å². The molecular weight excluding hydrogens is 302 g/mol. The molecule has 1 aliphatic rings. The van der Waals surface area contributed by atoms with Crippen molar-refractivity contribution >= 4 is 17.2 Å². The number of hydrogen-bond acceptors (Lipinski definition) is 4. The van der Waals surface area contributed by atoms with Crippen molar-refractivity contribution in [3.8, 4) is 11.1 Å². The zero-order valence-electron chi connectivity index (χ0n) is 13.7. The number of pyridine rings is 1. The Balaban J connectivity index is 1.96. The van der Waals surface area contributed by atoms with Gasteiger partial charge in [-0.3, -0.25) is 19.5 Å². The first-order valence-corrected chi connectivity index (χ1v) is 8.12. The number of hydrogen-bond donors (Lipinski definition) is 1. The van der Waals surface area contributed by atoms with Crippen molar-refractivity contribution in [3.63, 3.8) is 0 Å². The van der Waals surface area contributed by atoms with Gasteiger partial charge in [-0.1, -0.05) is 24.3 Å². The van der Waals surface area contributed by atoms with Gasteiger partial charge < -0.3 is 0 Å². The topological polar surface area (TPSA) is 66.3 Å². The molecule has 0 bridgehead atoms. The molecule has 0 saturated carbocycles. The summed E-state index contributed by atoms with van der Waals surface area (Å²) in [5.74, 6) is 0. The van der Waals surface area contributed by atoms with Gasteiger partial charge in [0, 0.05) is 37.2 Å². The molecule has 0 aliphatic carbocycles. The summed E-state index contributed by atoms with van der Waals surface area (Å²) in [6.45, 7) is 2.57. The van der Waals surface area contributed by atoms with E-state index in [0.29, 0.717) is 12.1 Å². The molecule has 1 atom stereocenters. The number of nitrogens with zero attached hydrogens (tertiary/aromatic N) is 4. The standard InChI is InChI=1S/C18H19N5O/c1-3-23-17-12(11-19-21-17)10-15(18(23)24)13-6-4-5-7-14(13)16-8-9-20-22(16)2/h4-7,9-11,16H,3,8H2,1-2H3,(H,19,21)/t16-/m1/s1. The Hall–Kier alpha value is -2.89. The molecule has 6 nitrogen and oxygen atoms in total. The number of benzene rings is 1. The van der Waals surface area contributed by atoms with Crippen LogP contribution < -0.4 is 5.56 Å². The van der Waals surface area contributed by atoms with Gasteiger partial charge in [0.15, 0.2) is 0 Å². The second-order valence-electron chi connectivity index (χ2n) is 5.99. The summed E-state index contributed by atoms with van der Waals surface area (Å²) >= 11 is 0. The molecule has 2 aromatic heterocycles. The van der Waals surface area contributed by atoms with E-state index < -0.39 is 0 Å². The van der Waals surface area contributed by atoms with Crippen LogP contribution >= 0.6 is 0 Å². The summed E-state index contributed by atoms with van der Waals surface area (Å²) in [7, 11) is 1.97. The fraction of sp³-hybridized carbons (Fsp3) is 0.278. The van der Waals surface area contributed by atoms with E-state index in [0.717, 1.165) is 28.6 Å². The smallest absolute Gasteiger partial charge is 0.260 e. The summed E-state index contributed by atoms with van der Waals surface area (Å²) in [6, 6.07) is 10.2. The van der Waals surface area contributed by atoms with Gasteiger partial charge in [0.05, 0.1) is 12.2 Å². The van der Waals surface area contributed by atoms with Crippen molar-refractivity contribution in [1.82, 2.24) is 19.8 Å². The van der Waals surface area contributed by atoms with Crippen LogP contribution in [0.4, 0.5) is 0 Å². The monoisotopic (exact) mass is 321 g/mol. The highest BCUT2D eigenvalue weighted by molar-refractivity contribution is 5.82. The number of rotatable bonds is 3. The van der Waals surface area contributed by atoms with Gasteiger partial charge >= 0.3 is 0 Å². The lowest BCUT2D eigenvalue weighted by molar-refractivity contribution is 0.290. The summed E-state index contributed by atoms with van der Waals surface area (Å²) in [5, 5.41) is 14.2.